The first-order valence-electron chi connectivity index (χ1n) is 9.14. The van der Waals surface area contributed by atoms with Crippen LogP contribution in [0.25, 0.3) is 0 Å². The van der Waals surface area contributed by atoms with Crippen molar-refractivity contribution in [3.63, 3.8) is 0 Å². The van der Waals surface area contributed by atoms with Gasteiger partial charge in [-0.1, -0.05) is 12.1 Å². The van der Waals surface area contributed by atoms with Gasteiger partial charge in [-0.2, -0.15) is 0 Å². The lowest BCUT2D eigenvalue weighted by molar-refractivity contribution is -0.168. The van der Waals surface area contributed by atoms with Crippen molar-refractivity contribution in [2.24, 2.45) is 0 Å². The van der Waals surface area contributed by atoms with Crippen molar-refractivity contribution in [2.75, 3.05) is 45.5 Å². The zero-order valence-corrected chi connectivity index (χ0v) is 15.4. The van der Waals surface area contributed by atoms with Crippen LogP contribution in [0.4, 0.5) is 5.69 Å². The van der Waals surface area contributed by atoms with Gasteiger partial charge < -0.3 is 29.5 Å². The number of nitrogens with one attached hydrogen (secondary N) is 1. The van der Waals surface area contributed by atoms with E-state index in [4.69, 9.17) is 14.2 Å². The zero-order valence-electron chi connectivity index (χ0n) is 15.4. The monoisotopic (exact) mass is 378 g/mol. The molecule has 0 aromatic heterocycles. The molecule has 0 radical (unpaired) electrons. The molecule has 2 amide bonds. The quantitative estimate of drug-likeness (QED) is 0.757. The molecule has 0 bridgehead atoms. The van der Waals surface area contributed by atoms with Gasteiger partial charge in [-0.3, -0.25) is 9.59 Å². The Bertz CT molecular complexity index is 644. The summed E-state index contributed by atoms with van der Waals surface area (Å²) in [7, 11) is 1.46. The summed E-state index contributed by atoms with van der Waals surface area (Å²) < 4.78 is 16.0. The predicted molar refractivity (Wildman–Crippen MR) is 97.2 cm³/mol. The summed E-state index contributed by atoms with van der Waals surface area (Å²) in [6.45, 7) is 1.04. The van der Waals surface area contributed by atoms with Crippen LogP contribution in [0.2, 0.25) is 0 Å². The summed E-state index contributed by atoms with van der Waals surface area (Å²) in [5, 5.41) is 12.7. The minimum atomic E-state index is -0.441. The van der Waals surface area contributed by atoms with Gasteiger partial charge in [0.25, 0.3) is 0 Å². The molecule has 2 aliphatic heterocycles. The summed E-state index contributed by atoms with van der Waals surface area (Å²) in [6, 6.07) is 6.85. The van der Waals surface area contributed by atoms with E-state index in [0.717, 1.165) is 18.4 Å². The number of benzene rings is 1. The minimum Gasteiger partial charge on any atom is -0.394 e. The van der Waals surface area contributed by atoms with Gasteiger partial charge in [-0.25, -0.2) is 0 Å². The number of anilines is 1. The highest BCUT2D eigenvalue weighted by atomic mass is 16.5. The van der Waals surface area contributed by atoms with Gasteiger partial charge in [0.15, 0.2) is 0 Å². The molecule has 2 heterocycles. The lowest BCUT2D eigenvalue weighted by atomic mass is 9.95. The topological polar surface area (TPSA) is 97.3 Å². The molecule has 2 aliphatic rings. The van der Waals surface area contributed by atoms with Crippen molar-refractivity contribution in [2.45, 2.75) is 31.0 Å². The van der Waals surface area contributed by atoms with Crippen LogP contribution in [0.3, 0.4) is 0 Å². The third kappa shape index (κ3) is 4.65. The van der Waals surface area contributed by atoms with Crippen LogP contribution < -0.4 is 5.32 Å². The number of morpholine rings is 1. The molecule has 1 aromatic rings. The largest absolute Gasteiger partial charge is 0.394 e. The third-order valence-electron chi connectivity index (χ3n) is 4.95. The maximum atomic E-state index is 12.5. The molecule has 2 unspecified atom stereocenters. The van der Waals surface area contributed by atoms with Crippen LogP contribution in [-0.4, -0.2) is 74.0 Å². The molecule has 3 rings (SSSR count). The molecule has 2 atom stereocenters. The highest BCUT2D eigenvalue weighted by Crippen LogP contribution is 2.33. The Hall–Kier alpha value is -2.00. The second-order valence-electron chi connectivity index (χ2n) is 6.73. The van der Waals surface area contributed by atoms with Gasteiger partial charge in [0.2, 0.25) is 11.8 Å². The molecular formula is C19H26N2O6. The fraction of sp³-hybridized carbons (Fsp3) is 0.579. The van der Waals surface area contributed by atoms with E-state index in [9.17, 15) is 14.7 Å². The molecule has 148 valence electrons. The normalized spacial score (nSPS) is 24.1. The van der Waals surface area contributed by atoms with Gasteiger partial charge in [0.05, 0.1) is 12.6 Å². The number of ether oxygens (including phenoxy) is 3. The average Bonchev–Trinajstić information content (AvgIpc) is 2.69. The minimum absolute atomic E-state index is 0.00908. The number of rotatable bonds is 6. The first-order valence-corrected chi connectivity index (χ1v) is 9.14. The number of nitrogens with zero attached hydrogens (tertiary/aromatic N) is 1. The van der Waals surface area contributed by atoms with Crippen molar-refractivity contribution in [3.8, 4) is 0 Å². The zero-order chi connectivity index (χ0) is 19.2. The van der Waals surface area contributed by atoms with E-state index in [-0.39, 0.29) is 37.7 Å². The molecule has 27 heavy (non-hydrogen) atoms. The molecule has 1 aromatic carbocycles. The number of amides is 2. The first-order chi connectivity index (χ1) is 13.1. The van der Waals surface area contributed by atoms with Crippen molar-refractivity contribution in [3.05, 3.63) is 29.8 Å². The Morgan fingerprint density at radius 3 is 2.63 bits per heavy atom. The summed E-state index contributed by atoms with van der Waals surface area (Å²) in [5.41, 5.74) is 1.50. The molecule has 2 saturated heterocycles. The smallest absolute Gasteiger partial charge is 0.250 e. The number of hydrogen-bond donors (Lipinski definition) is 2. The van der Waals surface area contributed by atoms with Gasteiger partial charge in [0.1, 0.15) is 19.3 Å². The summed E-state index contributed by atoms with van der Waals surface area (Å²) in [5.74, 6) is -0.329. The van der Waals surface area contributed by atoms with E-state index < -0.39 is 12.1 Å². The lowest BCUT2D eigenvalue weighted by Gasteiger charge is -2.45. The molecule has 0 aliphatic carbocycles. The fourth-order valence-corrected chi connectivity index (χ4v) is 3.70. The van der Waals surface area contributed by atoms with Crippen LogP contribution >= 0.6 is 0 Å². The van der Waals surface area contributed by atoms with Crippen molar-refractivity contribution in [1.29, 1.82) is 0 Å². The van der Waals surface area contributed by atoms with Crippen LogP contribution in [-0.2, 0) is 23.8 Å². The van der Waals surface area contributed by atoms with Crippen LogP contribution in [0.15, 0.2) is 24.3 Å². The molecule has 0 saturated carbocycles. The van der Waals surface area contributed by atoms with Crippen molar-refractivity contribution < 1.29 is 28.9 Å². The average molecular weight is 378 g/mol. The van der Waals surface area contributed by atoms with Crippen molar-refractivity contribution >= 4 is 17.5 Å². The van der Waals surface area contributed by atoms with Crippen LogP contribution in [0.5, 0.6) is 0 Å². The Kier molecular flexibility index (Phi) is 6.78. The summed E-state index contributed by atoms with van der Waals surface area (Å²) >= 11 is 0. The molecule has 0 spiro atoms. The van der Waals surface area contributed by atoms with Crippen LogP contribution in [0, 0.1) is 0 Å². The number of aliphatic hydroxyl groups excluding tert-OH is 1. The maximum Gasteiger partial charge on any atom is 0.250 e. The number of methoxy groups -OCH3 is 1. The predicted octanol–water partition coefficient (Wildman–Crippen LogP) is 0.711. The number of carbonyl (C=O) groups is 2. The molecule has 8 heteroatoms. The van der Waals surface area contributed by atoms with Gasteiger partial charge in [-0.15, -0.1) is 0 Å². The van der Waals surface area contributed by atoms with E-state index in [2.05, 4.69) is 5.32 Å². The Labute approximate surface area is 158 Å². The van der Waals surface area contributed by atoms with Crippen molar-refractivity contribution in [1.82, 2.24) is 4.90 Å². The number of hydrogen-bond acceptors (Lipinski definition) is 6. The Morgan fingerprint density at radius 2 is 2.00 bits per heavy atom. The standard InChI is InChI=1S/C19H26N2O6/c1-25-11-17(23)20-14-4-2-13(3-5-14)19-16(10-22)21(18(24)12-27-19)15-6-8-26-9-7-15/h2-5,15-16,19,22H,6-12H2,1H3,(H,20,23). The lowest BCUT2D eigenvalue weighted by Crippen LogP contribution is -2.57. The second-order valence-corrected chi connectivity index (χ2v) is 6.73. The van der Waals surface area contributed by atoms with E-state index in [1.807, 2.05) is 12.1 Å². The number of aliphatic hydroxyl groups is 1. The van der Waals surface area contributed by atoms with E-state index in [0.29, 0.717) is 18.9 Å². The van der Waals surface area contributed by atoms with Crippen LogP contribution in [0.1, 0.15) is 24.5 Å². The Balaban J connectivity index is 1.74. The second kappa shape index (κ2) is 9.27. The summed E-state index contributed by atoms with van der Waals surface area (Å²) in [6.07, 6.45) is 1.11. The van der Waals surface area contributed by atoms with E-state index in [1.165, 1.54) is 7.11 Å². The Morgan fingerprint density at radius 1 is 1.30 bits per heavy atom. The van der Waals surface area contributed by atoms with Gasteiger partial charge in [-0.05, 0) is 30.5 Å². The summed E-state index contributed by atoms with van der Waals surface area (Å²) in [4.78, 5) is 25.9. The van der Waals surface area contributed by atoms with Gasteiger partial charge in [0, 0.05) is 32.1 Å². The SMILES string of the molecule is COCC(=O)Nc1ccc(C2OCC(=O)N(C3CCOCC3)C2CO)cc1. The molecule has 8 nitrogen and oxygen atoms in total. The van der Waals surface area contributed by atoms with Gasteiger partial charge >= 0.3 is 0 Å². The fourth-order valence-electron chi connectivity index (χ4n) is 3.70. The van der Waals surface area contributed by atoms with E-state index in [1.54, 1.807) is 17.0 Å². The first kappa shape index (κ1) is 19.8. The molecular weight excluding hydrogens is 352 g/mol. The molecule has 2 N–H and O–H groups in total. The van der Waals surface area contributed by atoms with E-state index >= 15 is 0 Å². The number of carbonyl (C=O) groups excluding carboxylic acids is 2. The third-order valence-corrected chi connectivity index (χ3v) is 4.95. The highest BCUT2D eigenvalue weighted by Gasteiger charge is 2.41. The maximum absolute atomic E-state index is 12.5. The highest BCUT2D eigenvalue weighted by molar-refractivity contribution is 5.91. The molecule has 2 fully saturated rings.